The van der Waals surface area contributed by atoms with Crippen LogP contribution in [0, 0.1) is 10.1 Å². The van der Waals surface area contributed by atoms with Gasteiger partial charge in [0.05, 0.1) is 29.9 Å². The van der Waals surface area contributed by atoms with Crippen LogP contribution in [0.3, 0.4) is 0 Å². The van der Waals surface area contributed by atoms with Crippen molar-refractivity contribution in [2.75, 3.05) is 12.8 Å². The molecule has 0 radical (unpaired) electrons. The van der Waals surface area contributed by atoms with E-state index in [1.807, 2.05) is 0 Å². The van der Waals surface area contributed by atoms with Crippen LogP contribution in [0.25, 0.3) is 0 Å². The lowest BCUT2D eigenvalue weighted by Crippen LogP contribution is -2.37. The Bertz CT molecular complexity index is 762. The van der Waals surface area contributed by atoms with Gasteiger partial charge in [-0.1, -0.05) is 0 Å². The number of carbonyl (C=O) groups excluding carboxylic acids is 2. The summed E-state index contributed by atoms with van der Waals surface area (Å²) in [5.41, 5.74) is 0.445. The molecule has 1 aromatic rings. The summed E-state index contributed by atoms with van der Waals surface area (Å²) in [6, 6.07) is 4.62. The zero-order chi connectivity index (χ0) is 18.6. The van der Waals surface area contributed by atoms with E-state index in [9.17, 15) is 28.1 Å². The van der Waals surface area contributed by atoms with Gasteiger partial charge in [0.25, 0.3) is 15.8 Å². The Kier molecular flexibility index (Phi) is 5.69. The van der Waals surface area contributed by atoms with Crippen LogP contribution >= 0.6 is 0 Å². The molecule has 0 aliphatic carbocycles. The summed E-state index contributed by atoms with van der Waals surface area (Å²) in [5, 5.41) is 10.6. The van der Waals surface area contributed by atoms with Crippen molar-refractivity contribution in [3.63, 3.8) is 0 Å². The van der Waals surface area contributed by atoms with Crippen LogP contribution in [0.4, 0.5) is 10.5 Å². The van der Waals surface area contributed by atoms with Gasteiger partial charge in [0.15, 0.2) is 0 Å². The zero-order valence-electron chi connectivity index (χ0n) is 13.2. The van der Waals surface area contributed by atoms with Crippen molar-refractivity contribution in [1.29, 1.82) is 0 Å². The number of benzene rings is 1. The second kappa shape index (κ2) is 7.57. The first-order valence-electron chi connectivity index (χ1n) is 7.20. The number of amides is 1. The van der Waals surface area contributed by atoms with Crippen molar-refractivity contribution in [3.8, 4) is 0 Å². The molecule has 1 aliphatic heterocycles. The van der Waals surface area contributed by atoms with Crippen molar-refractivity contribution in [2.45, 2.75) is 25.2 Å². The van der Waals surface area contributed by atoms with Crippen LogP contribution in [0.2, 0.25) is 0 Å². The number of nitro groups is 1. The number of aldehydes is 1. The van der Waals surface area contributed by atoms with Crippen LogP contribution in [-0.4, -0.2) is 55.6 Å². The van der Waals surface area contributed by atoms with Crippen molar-refractivity contribution >= 4 is 28.2 Å². The maximum absolute atomic E-state index is 12.1. The molecular weight excluding hydrogens is 356 g/mol. The van der Waals surface area contributed by atoms with Crippen LogP contribution in [-0.2, 0) is 30.4 Å². The fraction of sp³-hybridized carbons (Fsp3) is 0.429. The van der Waals surface area contributed by atoms with Crippen LogP contribution < -0.4 is 0 Å². The Morgan fingerprint density at radius 2 is 2.04 bits per heavy atom. The Hall–Kier alpha value is -2.53. The normalized spacial score (nSPS) is 20.3. The first kappa shape index (κ1) is 18.8. The monoisotopic (exact) mass is 372 g/mol. The lowest BCUT2D eigenvalue weighted by molar-refractivity contribution is -0.384. The average molecular weight is 372 g/mol. The lowest BCUT2D eigenvalue weighted by Gasteiger charge is -2.19. The number of ether oxygens (including phenoxy) is 1. The molecule has 2 atom stereocenters. The lowest BCUT2D eigenvalue weighted by atomic mass is 10.2. The van der Waals surface area contributed by atoms with E-state index >= 15 is 0 Å². The summed E-state index contributed by atoms with van der Waals surface area (Å²) in [7, 11) is -3.70. The molecule has 1 heterocycles. The van der Waals surface area contributed by atoms with Gasteiger partial charge in [0, 0.05) is 18.6 Å². The van der Waals surface area contributed by atoms with E-state index in [1.54, 1.807) is 0 Å². The largest absolute Gasteiger partial charge is 0.445 e. The molecule has 0 saturated carbocycles. The number of nitrogens with zero attached hydrogens (tertiary/aromatic N) is 2. The first-order chi connectivity index (χ1) is 11.7. The van der Waals surface area contributed by atoms with Gasteiger partial charge in [-0.3, -0.25) is 19.2 Å². The summed E-state index contributed by atoms with van der Waals surface area (Å²) >= 11 is 0. The maximum Gasteiger partial charge on any atom is 0.410 e. The van der Waals surface area contributed by atoms with Gasteiger partial charge in [0.1, 0.15) is 12.9 Å². The maximum atomic E-state index is 12.1. The average Bonchev–Trinajstić information content (AvgIpc) is 2.94. The van der Waals surface area contributed by atoms with Crippen molar-refractivity contribution in [3.05, 3.63) is 39.9 Å². The summed E-state index contributed by atoms with van der Waals surface area (Å²) in [6.07, 6.45) is -0.132. The van der Waals surface area contributed by atoms with Crippen molar-refractivity contribution < 1.29 is 31.9 Å². The minimum Gasteiger partial charge on any atom is -0.445 e. The Morgan fingerprint density at radius 3 is 2.56 bits per heavy atom. The minimum atomic E-state index is -3.70. The second-order valence-corrected chi connectivity index (χ2v) is 7.09. The molecule has 10 nitrogen and oxygen atoms in total. The van der Waals surface area contributed by atoms with Crippen LogP contribution in [0.1, 0.15) is 12.0 Å². The van der Waals surface area contributed by atoms with E-state index in [1.165, 1.54) is 24.3 Å². The van der Waals surface area contributed by atoms with Gasteiger partial charge in [-0.25, -0.2) is 4.79 Å². The van der Waals surface area contributed by atoms with Gasteiger partial charge in [-0.05, 0) is 17.7 Å². The van der Waals surface area contributed by atoms with Gasteiger partial charge in [0.2, 0.25) is 0 Å². The van der Waals surface area contributed by atoms with Gasteiger partial charge in [-0.15, -0.1) is 0 Å². The van der Waals surface area contributed by atoms with Crippen LogP contribution in [0.5, 0.6) is 0 Å². The van der Waals surface area contributed by atoms with E-state index in [4.69, 9.17) is 8.92 Å². The second-order valence-electron chi connectivity index (χ2n) is 5.49. The number of hydrogen-bond acceptors (Lipinski definition) is 8. The van der Waals surface area contributed by atoms with Crippen molar-refractivity contribution in [1.82, 2.24) is 4.90 Å². The Labute approximate surface area is 143 Å². The highest BCUT2D eigenvalue weighted by atomic mass is 32.2. The van der Waals surface area contributed by atoms with Gasteiger partial charge < -0.3 is 9.53 Å². The fourth-order valence-corrected chi connectivity index (χ4v) is 3.06. The molecule has 136 valence electrons. The highest BCUT2D eigenvalue weighted by Crippen LogP contribution is 2.22. The molecular formula is C14H16N2O8S. The molecule has 1 aliphatic rings. The highest BCUT2D eigenvalue weighted by molar-refractivity contribution is 7.86. The number of rotatable bonds is 6. The third-order valence-electron chi connectivity index (χ3n) is 3.52. The molecule has 0 bridgehead atoms. The van der Waals surface area contributed by atoms with Gasteiger partial charge in [-0.2, -0.15) is 8.42 Å². The quantitative estimate of drug-likeness (QED) is 0.310. The highest BCUT2D eigenvalue weighted by Gasteiger charge is 2.38. The smallest absolute Gasteiger partial charge is 0.410 e. The molecule has 25 heavy (non-hydrogen) atoms. The summed E-state index contributed by atoms with van der Waals surface area (Å²) in [6.45, 7) is -0.230. The third kappa shape index (κ3) is 5.22. The predicted molar refractivity (Wildman–Crippen MR) is 84.2 cm³/mol. The molecule has 0 spiro atoms. The molecule has 1 saturated heterocycles. The molecule has 0 aromatic heterocycles. The number of hydrogen-bond donors (Lipinski definition) is 0. The van der Waals surface area contributed by atoms with E-state index in [0.717, 1.165) is 11.2 Å². The minimum absolute atomic E-state index is 0.0587. The third-order valence-corrected chi connectivity index (χ3v) is 4.14. The fourth-order valence-electron chi connectivity index (χ4n) is 2.42. The topological polar surface area (TPSA) is 133 Å². The van der Waals surface area contributed by atoms with E-state index in [2.05, 4.69) is 0 Å². The SMILES string of the molecule is CS(=O)(=O)O[C@@H]1C[C@H](C=O)N(C(=O)OCc2ccc([N+](=O)[O-])cc2)C1. The number of carbonyl (C=O) groups is 2. The number of nitro benzene ring substituents is 1. The van der Waals surface area contributed by atoms with Crippen molar-refractivity contribution in [2.24, 2.45) is 0 Å². The standard InChI is InChI=1S/C14H16N2O8S/c1-25(21,22)24-13-6-12(8-17)15(7-13)14(18)23-9-10-2-4-11(5-3-10)16(19)20/h2-5,8,12-13H,6-7,9H2,1H3/t12-,13-/m1/s1. The molecule has 2 rings (SSSR count). The zero-order valence-corrected chi connectivity index (χ0v) is 14.0. The summed E-state index contributed by atoms with van der Waals surface area (Å²) in [5.74, 6) is 0. The number of likely N-dealkylation sites (tertiary alicyclic amines) is 1. The molecule has 1 fully saturated rings. The van der Waals surface area contributed by atoms with Crippen LogP contribution in [0.15, 0.2) is 24.3 Å². The molecule has 11 heteroatoms. The van der Waals surface area contributed by atoms with E-state index in [0.29, 0.717) is 11.8 Å². The molecule has 0 unspecified atom stereocenters. The van der Waals surface area contributed by atoms with E-state index in [-0.39, 0.29) is 25.3 Å². The number of non-ortho nitro benzene ring substituents is 1. The summed E-state index contributed by atoms with van der Waals surface area (Å²) in [4.78, 5) is 34.3. The molecule has 1 amide bonds. The summed E-state index contributed by atoms with van der Waals surface area (Å²) < 4.78 is 32.2. The predicted octanol–water partition coefficient (Wildman–Crippen LogP) is 0.849. The van der Waals surface area contributed by atoms with Gasteiger partial charge >= 0.3 is 6.09 Å². The molecule has 1 aromatic carbocycles. The van der Waals surface area contributed by atoms with E-state index < -0.39 is 33.3 Å². The first-order valence-corrected chi connectivity index (χ1v) is 9.01. The Balaban J connectivity index is 1.95. The molecule has 0 N–H and O–H groups in total. The Morgan fingerprint density at radius 1 is 1.40 bits per heavy atom.